The molecule has 1 heterocycles. The zero-order chi connectivity index (χ0) is 15.1. The molecule has 1 saturated heterocycles. The third-order valence-electron chi connectivity index (χ3n) is 5.38. The molecule has 0 aromatic carbocycles. The molecule has 21 heavy (non-hydrogen) atoms. The average molecular weight is 296 g/mol. The van der Waals surface area contributed by atoms with E-state index < -0.39 is 0 Å². The summed E-state index contributed by atoms with van der Waals surface area (Å²) in [6.07, 6.45) is 14.0. The molecule has 1 N–H and O–H groups in total. The van der Waals surface area contributed by atoms with Crippen LogP contribution in [0.4, 0.5) is 0 Å². The van der Waals surface area contributed by atoms with Gasteiger partial charge >= 0.3 is 0 Å². The Bertz CT molecular complexity index is 283. The average Bonchev–Trinajstić information content (AvgIpc) is 2.82. The minimum atomic E-state index is 0.297. The highest BCUT2D eigenvalue weighted by Crippen LogP contribution is 2.43. The highest BCUT2D eigenvalue weighted by molar-refractivity contribution is 4.91. The molecule has 2 rings (SSSR count). The molecule has 0 radical (unpaired) electrons. The van der Waals surface area contributed by atoms with Gasteiger partial charge in [0.2, 0.25) is 0 Å². The summed E-state index contributed by atoms with van der Waals surface area (Å²) < 4.78 is 6.57. The number of rotatable bonds is 8. The third-order valence-corrected chi connectivity index (χ3v) is 5.38. The predicted octanol–water partition coefficient (Wildman–Crippen LogP) is 4.92. The van der Waals surface area contributed by atoms with Crippen molar-refractivity contribution in [3.8, 4) is 0 Å². The highest BCUT2D eigenvalue weighted by atomic mass is 16.5. The van der Waals surface area contributed by atoms with Crippen LogP contribution in [-0.2, 0) is 4.74 Å². The van der Waals surface area contributed by atoms with Gasteiger partial charge in [-0.25, -0.2) is 0 Å². The van der Waals surface area contributed by atoms with Crippen LogP contribution in [-0.4, -0.2) is 24.8 Å². The van der Waals surface area contributed by atoms with Crippen LogP contribution in [0.5, 0.6) is 0 Å². The molecule has 0 amide bonds. The van der Waals surface area contributed by atoms with E-state index in [9.17, 15) is 0 Å². The van der Waals surface area contributed by atoms with Gasteiger partial charge in [-0.05, 0) is 63.5 Å². The van der Waals surface area contributed by atoms with Crippen LogP contribution in [0, 0.1) is 11.8 Å². The van der Waals surface area contributed by atoms with Crippen molar-refractivity contribution in [3.05, 3.63) is 0 Å². The first-order valence-electron chi connectivity index (χ1n) is 9.52. The first-order chi connectivity index (χ1) is 10.1. The molecule has 0 aromatic rings. The van der Waals surface area contributed by atoms with Crippen LogP contribution in [0.3, 0.4) is 0 Å². The monoisotopic (exact) mass is 295 g/mol. The van der Waals surface area contributed by atoms with E-state index in [-0.39, 0.29) is 0 Å². The van der Waals surface area contributed by atoms with E-state index in [1.54, 1.807) is 0 Å². The summed E-state index contributed by atoms with van der Waals surface area (Å²) in [5.41, 5.74) is 0.297. The lowest BCUT2D eigenvalue weighted by atomic mass is 9.83. The molecule has 2 atom stereocenters. The summed E-state index contributed by atoms with van der Waals surface area (Å²) >= 11 is 0. The Balaban J connectivity index is 1.75. The number of nitrogens with one attached hydrogen (secondary N) is 1. The van der Waals surface area contributed by atoms with Crippen molar-refractivity contribution in [1.29, 1.82) is 0 Å². The molecule has 2 nitrogen and oxygen atoms in total. The Morgan fingerprint density at radius 2 is 1.86 bits per heavy atom. The largest absolute Gasteiger partial charge is 0.372 e. The lowest BCUT2D eigenvalue weighted by molar-refractivity contribution is -0.0700. The van der Waals surface area contributed by atoms with Crippen LogP contribution >= 0.6 is 0 Å². The second-order valence-corrected chi connectivity index (χ2v) is 7.96. The summed E-state index contributed by atoms with van der Waals surface area (Å²) in [4.78, 5) is 0. The molecule has 2 fully saturated rings. The number of ether oxygens (including phenoxy) is 1. The van der Waals surface area contributed by atoms with Gasteiger partial charge in [0.05, 0.1) is 11.7 Å². The van der Waals surface area contributed by atoms with Crippen LogP contribution in [0.2, 0.25) is 0 Å². The zero-order valence-electron chi connectivity index (χ0n) is 14.6. The molecule has 1 aliphatic carbocycles. The van der Waals surface area contributed by atoms with E-state index >= 15 is 0 Å². The maximum Gasteiger partial charge on any atom is 0.0687 e. The molecule has 2 heteroatoms. The minimum Gasteiger partial charge on any atom is -0.372 e. The Kier molecular flexibility index (Phi) is 7.01. The first kappa shape index (κ1) is 17.3. The molecule has 1 spiro atoms. The van der Waals surface area contributed by atoms with Crippen LogP contribution in [0.25, 0.3) is 0 Å². The highest BCUT2D eigenvalue weighted by Gasteiger charge is 2.41. The molecular formula is C19H37NO. The third kappa shape index (κ3) is 5.56. The van der Waals surface area contributed by atoms with Gasteiger partial charge in [-0.15, -0.1) is 0 Å². The van der Waals surface area contributed by atoms with Crippen molar-refractivity contribution in [2.24, 2.45) is 11.8 Å². The zero-order valence-corrected chi connectivity index (χ0v) is 14.6. The molecule has 2 unspecified atom stereocenters. The topological polar surface area (TPSA) is 21.3 Å². The van der Waals surface area contributed by atoms with Gasteiger partial charge in [-0.2, -0.15) is 0 Å². The SMILES string of the molecule is CCCC(CNCC(C)C)CC1CCC2(CCCCC2)O1. The summed E-state index contributed by atoms with van der Waals surface area (Å²) in [5.74, 6) is 1.55. The lowest BCUT2D eigenvalue weighted by Crippen LogP contribution is -2.33. The van der Waals surface area contributed by atoms with Crippen molar-refractivity contribution in [1.82, 2.24) is 5.32 Å². The summed E-state index contributed by atoms with van der Waals surface area (Å²) in [6, 6.07) is 0. The minimum absolute atomic E-state index is 0.297. The standard InChI is InChI=1S/C19H37NO/c1-4-8-17(15-20-14-16(2)3)13-18-9-12-19(21-18)10-6-5-7-11-19/h16-18,20H,4-15H2,1-3H3. The lowest BCUT2D eigenvalue weighted by Gasteiger charge is -2.34. The van der Waals surface area contributed by atoms with E-state index in [2.05, 4.69) is 26.1 Å². The van der Waals surface area contributed by atoms with E-state index in [0.29, 0.717) is 11.7 Å². The Morgan fingerprint density at radius 1 is 1.10 bits per heavy atom. The molecule has 1 saturated carbocycles. The number of hydrogen-bond acceptors (Lipinski definition) is 2. The van der Waals surface area contributed by atoms with Crippen molar-refractivity contribution in [2.45, 2.75) is 96.7 Å². The van der Waals surface area contributed by atoms with Crippen molar-refractivity contribution >= 4 is 0 Å². The van der Waals surface area contributed by atoms with E-state index in [0.717, 1.165) is 18.4 Å². The normalized spacial score (nSPS) is 26.6. The maximum atomic E-state index is 6.57. The van der Waals surface area contributed by atoms with Crippen LogP contribution in [0.15, 0.2) is 0 Å². The Morgan fingerprint density at radius 3 is 2.52 bits per heavy atom. The van der Waals surface area contributed by atoms with Gasteiger partial charge in [0.15, 0.2) is 0 Å². The summed E-state index contributed by atoms with van der Waals surface area (Å²) in [6.45, 7) is 9.21. The van der Waals surface area contributed by atoms with E-state index in [1.165, 1.54) is 70.8 Å². The van der Waals surface area contributed by atoms with Crippen molar-refractivity contribution < 1.29 is 4.74 Å². The van der Waals surface area contributed by atoms with Gasteiger partial charge in [0.1, 0.15) is 0 Å². The molecule has 0 aromatic heterocycles. The van der Waals surface area contributed by atoms with Crippen LogP contribution in [0.1, 0.15) is 85.0 Å². The quantitative estimate of drug-likeness (QED) is 0.686. The molecule has 124 valence electrons. The molecular weight excluding hydrogens is 258 g/mol. The fraction of sp³-hybridized carbons (Fsp3) is 1.00. The Labute approximate surface area is 132 Å². The predicted molar refractivity (Wildman–Crippen MR) is 90.6 cm³/mol. The van der Waals surface area contributed by atoms with Gasteiger partial charge in [-0.3, -0.25) is 0 Å². The van der Waals surface area contributed by atoms with Gasteiger partial charge < -0.3 is 10.1 Å². The second-order valence-electron chi connectivity index (χ2n) is 7.96. The maximum absolute atomic E-state index is 6.57. The summed E-state index contributed by atoms with van der Waals surface area (Å²) in [7, 11) is 0. The van der Waals surface area contributed by atoms with E-state index in [4.69, 9.17) is 4.74 Å². The van der Waals surface area contributed by atoms with Gasteiger partial charge in [0.25, 0.3) is 0 Å². The van der Waals surface area contributed by atoms with E-state index in [1.807, 2.05) is 0 Å². The summed E-state index contributed by atoms with van der Waals surface area (Å²) in [5, 5.41) is 3.66. The fourth-order valence-electron chi connectivity index (χ4n) is 4.28. The van der Waals surface area contributed by atoms with Gasteiger partial charge in [0, 0.05) is 0 Å². The van der Waals surface area contributed by atoms with Crippen molar-refractivity contribution in [3.63, 3.8) is 0 Å². The van der Waals surface area contributed by atoms with Gasteiger partial charge in [-0.1, -0.05) is 46.5 Å². The first-order valence-corrected chi connectivity index (χ1v) is 9.52. The molecule has 2 aliphatic rings. The Hall–Kier alpha value is -0.0800. The second kappa shape index (κ2) is 8.53. The van der Waals surface area contributed by atoms with Crippen molar-refractivity contribution in [2.75, 3.05) is 13.1 Å². The fourth-order valence-corrected chi connectivity index (χ4v) is 4.28. The molecule has 1 aliphatic heterocycles. The number of hydrogen-bond donors (Lipinski definition) is 1. The van der Waals surface area contributed by atoms with Crippen LogP contribution < -0.4 is 5.32 Å². The molecule has 0 bridgehead atoms. The smallest absolute Gasteiger partial charge is 0.0687 e.